The van der Waals surface area contributed by atoms with Crippen LogP contribution in [0.5, 0.6) is 0 Å². The first-order chi connectivity index (χ1) is 17.0. The minimum atomic E-state index is -3.59. The molecule has 2 fully saturated rings. The zero-order valence-corrected chi connectivity index (χ0v) is 22.0. The van der Waals surface area contributed by atoms with Gasteiger partial charge in [0.2, 0.25) is 10.0 Å². The molecule has 4 rings (SSSR count). The van der Waals surface area contributed by atoms with Gasteiger partial charge >= 0.3 is 0 Å². The Balaban J connectivity index is 1.41. The number of ether oxygens (including phenoxy) is 2. The molecule has 0 unspecified atom stereocenters. The highest BCUT2D eigenvalue weighted by Gasteiger charge is 2.28. The fourth-order valence-electron chi connectivity index (χ4n) is 5.15. The number of benzene rings is 2. The number of likely N-dealkylation sites (tertiary alicyclic amines) is 1. The third kappa shape index (κ3) is 6.92. The highest BCUT2D eigenvalue weighted by molar-refractivity contribution is 7.89. The summed E-state index contributed by atoms with van der Waals surface area (Å²) in [7, 11) is -1.99. The van der Waals surface area contributed by atoms with E-state index >= 15 is 0 Å². The standard InChI is InChI=1S/C28H40N2O4S/c1-23-4-3-16-29(23)17-13-24-5-7-26(8-6-24)27-9-11-28(12-10-27)35(31,32)30(18-21-33-2)22-25-14-19-34-20-15-25/h5-12,23,25H,3-4,13-22H2,1-2H3/t23-/m1/s1. The van der Waals surface area contributed by atoms with Gasteiger partial charge in [-0.15, -0.1) is 0 Å². The van der Waals surface area contributed by atoms with Crippen LogP contribution in [0, 0.1) is 5.92 Å². The second-order valence-electron chi connectivity index (χ2n) is 9.91. The van der Waals surface area contributed by atoms with Gasteiger partial charge in [-0.05, 0) is 80.3 Å². The van der Waals surface area contributed by atoms with Crippen molar-refractivity contribution >= 4 is 10.0 Å². The molecular weight excluding hydrogens is 460 g/mol. The Morgan fingerprint density at radius 1 is 1.00 bits per heavy atom. The predicted octanol–water partition coefficient (Wildman–Crippen LogP) is 4.44. The molecule has 192 valence electrons. The Morgan fingerprint density at radius 3 is 2.26 bits per heavy atom. The molecule has 2 aliphatic heterocycles. The summed E-state index contributed by atoms with van der Waals surface area (Å²) in [5.41, 5.74) is 3.47. The number of sulfonamides is 1. The number of methoxy groups -OCH3 is 1. The molecular formula is C28H40N2O4S. The molecule has 35 heavy (non-hydrogen) atoms. The van der Waals surface area contributed by atoms with Gasteiger partial charge in [0.1, 0.15) is 0 Å². The van der Waals surface area contributed by atoms with Gasteiger partial charge in [-0.1, -0.05) is 36.4 Å². The Labute approximate surface area is 211 Å². The number of nitrogens with zero attached hydrogens (tertiary/aromatic N) is 2. The molecule has 2 heterocycles. The van der Waals surface area contributed by atoms with Crippen molar-refractivity contribution in [1.29, 1.82) is 0 Å². The Hall–Kier alpha value is -1.77. The molecule has 0 saturated carbocycles. The van der Waals surface area contributed by atoms with Gasteiger partial charge < -0.3 is 14.4 Å². The third-order valence-corrected chi connectivity index (χ3v) is 9.38. The molecule has 2 aromatic rings. The lowest BCUT2D eigenvalue weighted by Crippen LogP contribution is -2.39. The maximum atomic E-state index is 13.4. The average Bonchev–Trinajstić information content (AvgIpc) is 3.30. The van der Waals surface area contributed by atoms with Crippen LogP contribution >= 0.6 is 0 Å². The molecule has 2 saturated heterocycles. The lowest BCUT2D eigenvalue weighted by molar-refractivity contribution is 0.0586. The maximum absolute atomic E-state index is 13.4. The van der Waals surface area contributed by atoms with Crippen molar-refractivity contribution < 1.29 is 17.9 Å². The van der Waals surface area contributed by atoms with Crippen LogP contribution in [0.1, 0.15) is 38.2 Å². The van der Waals surface area contributed by atoms with E-state index in [1.807, 2.05) is 12.1 Å². The predicted molar refractivity (Wildman–Crippen MR) is 140 cm³/mol. The summed E-state index contributed by atoms with van der Waals surface area (Å²) >= 11 is 0. The minimum absolute atomic E-state index is 0.321. The molecule has 0 aliphatic carbocycles. The topological polar surface area (TPSA) is 59.1 Å². The first-order valence-corrected chi connectivity index (χ1v) is 14.4. The zero-order valence-electron chi connectivity index (χ0n) is 21.2. The van der Waals surface area contributed by atoms with E-state index in [4.69, 9.17) is 9.47 Å². The molecule has 0 radical (unpaired) electrons. The van der Waals surface area contributed by atoms with E-state index in [2.05, 4.69) is 36.1 Å². The van der Waals surface area contributed by atoms with E-state index in [0.29, 0.717) is 49.8 Å². The molecule has 1 atom stereocenters. The van der Waals surface area contributed by atoms with E-state index in [1.165, 1.54) is 24.9 Å². The lowest BCUT2D eigenvalue weighted by atomic mass is 10.0. The molecule has 0 aromatic heterocycles. The SMILES string of the molecule is COCCN(CC1CCOCC1)S(=O)(=O)c1ccc(-c2ccc(CCN3CCC[C@H]3C)cc2)cc1. The summed E-state index contributed by atoms with van der Waals surface area (Å²) in [5, 5.41) is 0. The van der Waals surface area contributed by atoms with E-state index < -0.39 is 10.0 Å². The monoisotopic (exact) mass is 500 g/mol. The van der Waals surface area contributed by atoms with Crippen LogP contribution in [-0.2, 0) is 25.9 Å². The van der Waals surface area contributed by atoms with Crippen molar-refractivity contribution in [2.45, 2.75) is 50.0 Å². The lowest BCUT2D eigenvalue weighted by Gasteiger charge is -2.29. The fraction of sp³-hybridized carbons (Fsp3) is 0.571. The van der Waals surface area contributed by atoms with Crippen LogP contribution < -0.4 is 0 Å². The smallest absolute Gasteiger partial charge is 0.243 e. The van der Waals surface area contributed by atoms with E-state index in [1.54, 1.807) is 23.5 Å². The van der Waals surface area contributed by atoms with Crippen molar-refractivity contribution in [3.05, 3.63) is 54.1 Å². The van der Waals surface area contributed by atoms with Gasteiger partial charge in [0.05, 0.1) is 11.5 Å². The Kier molecular flexibility index (Phi) is 9.36. The second-order valence-corrected chi connectivity index (χ2v) is 11.8. The first-order valence-electron chi connectivity index (χ1n) is 13.0. The van der Waals surface area contributed by atoms with Crippen molar-refractivity contribution in [1.82, 2.24) is 9.21 Å². The summed E-state index contributed by atoms with van der Waals surface area (Å²) < 4.78 is 39.1. The van der Waals surface area contributed by atoms with Gasteiger partial charge in [0.15, 0.2) is 0 Å². The molecule has 6 nitrogen and oxygen atoms in total. The van der Waals surface area contributed by atoms with Gasteiger partial charge in [0.25, 0.3) is 0 Å². The van der Waals surface area contributed by atoms with Crippen molar-refractivity contribution in [2.75, 3.05) is 53.1 Å². The van der Waals surface area contributed by atoms with E-state index in [9.17, 15) is 8.42 Å². The molecule has 7 heteroatoms. The zero-order chi connectivity index (χ0) is 24.7. The summed E-state index contributed by atoms with van der Waals surface area (Å²) in [4.78, 5) is 2.91. The summed E-state index contributed by atoms with van der Waals surface area (Å²) in [6.45, 7) is 7.30. The number of rotatable bonds is 11. The maximum Gasteiger partial charge on any atom is 0.243 e. The number of hydrogen-bond donors (Lipinski definition) is 0. The van der Waals surface area contributed by atoms with Gasteiger partial charge in [0, 0.05) is 46.0 Å². The number of hydrogen-bond acceptors (Lipinski definition) is 5. The van der Waals surface area contributed by atoms with Crippen LogP contribution in [0.25, 0.3) is 11.1 Å². The summed E-state index contributed by atoms with van der Waals surface area (Å²) in [5.74, 6) is 0.321. The van der Waals surface area contributed by atoms with Crippen LogP contribution in [0.2, 0.25) is 0 Å². The summed E-state index contributed by atoms with van der Waals surface area (Å²) in [6, 6.07) is 16.7. The molecule has 2 aromatic carbocycles. The molecule has 0 spiro atoms. The van der Waals surface area contributed by atoms with Crippen LogP contribution in [0.3, 0.4) is 0 Å². The van der Waals surface area contributed by atoms with Crippen LogP contribution in [0.15, 0.2) is 53.4 Å². The molecule has 2 aliphatic rings. The van der Waals surface area contributed by atoms with Crippen LogP contribution in [0.4, 0.5) is 0 Å². The van der Waals surface area contributed by atoms with E-state index in [-0.39, 0.29) is 0 Å². The minimum Gasteiger partial charge on any atom is -0.383 e. The normalized spacial score (nSPS) is 20.0. The third-order valence-electron chi connectivity index (χ3n) is 7.51. The fourth-order valence-corrected chi connectivity index (χ4v) is 6.65. The Morgan fingerprint density at radius 2 is 1.66 bits per heavy atom. The quantitative estimate of drug-likeness (QED) is 0.456. The largest absolute Gasteiger partial charge is 0.383 e. The Bertz CT molecular complexity index is 1020. The molecule has 0 bridgehead atoms. The second kappa shape index (κ2) is 12.5. The van der Waals surface area contributed by atoms with Gasteiger partial charge in [-0.2, -0.15) is 4.31 Å². The van der Waals surface area contributed by atoms with Crippen molar-refractivity contribution in [3.63, 3.8) is 0 Å². The summed E-state index contributed by atoms with van der Waals surface area (Å²) in [6.07, 6.45) is 5.47. The average molecular weight is 501 g/mol. The van der Waals surface area contributed by atoms with Crippen molar-refractivity contribution in [3.8, 4) is 11.1 Å². The van der Waals surface area contributed by atoms with Crippen LogP contribution in [-0.4, -0.2) is 76.8 Å². The van der Waals surface area contributed by atoms with Gasteiger partial charge in [-0.3, -0.25) is 0 Å². The highest BCUT2D eigenvalue weighted by Crippen LogP contribution is 2.26. The molecule has 0 N–H and O–H groups in total. The van der Waals surface area contributed by atoms with Crippen molar-refractivity contribution in [2.24, 2.45) is 5.92 Å². The molecule has 0 amide bonds. The highest BCUT2D eigenvalue weighted by atomic mass is 32.2. The van der Waals surface area contributed by atoms with E-state index in [0.717, 1.165) is 36.9 Å². The first kappa shape index (κ1) is 26.3. The van der Waals surface area contributed by atoms with Gasteiger partial charge in [-0.25, -0.2) is 8.42 Å².